The number of carbonyl (C=O) groups is 1. The van der Waals surface area contributed by atoms with Crippen LogP contribution in [0.25, 0.3) is 0 Å². The summed E-state index contributed by atoms with van der Waals surface area (Å²) in [5.41, 5.74) is 0.974. The number of hydrogen-bond donors (Lipinski definition) is 1. The van der Waals surface area contributed by atoms with Crippen molar-refractivity contribution in [3.8, 4) is 0 Å². The van der Waals surface area contributed by atoms with Crippen LogP contribution in [-0.2, 0) is 16.1 Å². The Morgan fingerprint density at radius 2 is 2.45 bits per heavy atom. The number of nitrogens with one attached hydrogen (secondary N) is 1. The SMILES string of the molecule is CCn1nccc1[C@@H]1OCC[C@H]1C(=O)NC(C)c1nccs1. The van der Waals surface area contributed by atoms with Crippen molar-refractivity contribution in [1.82, 2.24) is 20.1 Å². The molecule has 2 aromatic heterocycles. The molecule has 2 aromatic rings. The maximum absolute atomic E-state index is 12.6. The Labute approximate surface area is 133 Å². The highest BCUT2D eigenvalue weighted by atomic mass is 32.1. The molecule has 1 amide bonds. The molecule has 0 radical (unpaired) electrons. The van der Waals surface area contributed by atoms with Gasteiger partial charge in [0.05, 0.1) is 17.7 Å². The predicted octanol–water partition coefficient (Wildman–Crippen LogP) is 2.31. The minimum atomic E-state index is -0.217. The fraction of sp³-hybridized carbons (Fsp3) is 0.533. The zero-order valence-corrected chi connectivity index (χ0v) is 13.5. The first-order valence-electron chi connectivity index (χ1n) is 7.53. The molecule has 22 heavy (non-hydrogen) atoms. The minimum absolute atomic E-state index is 0.0223. The van der Waals surface area contributed by atoms with Crippen LogP contribution in [0.2, 0.25) is 0 Å². The Kier molecular flexibility index (Phi) is 4.54. The van der Waals surface area contributed by atoms with Gasteiger partial charge in [0.15, 0.2) is 0 Å². The molecule has 0 aromatic carbocycles. The van der Waals surface area contributed by atoms with Gasteiger partial charge in [0.1, 0.15) is 11.1 Å². The van der Waals surface area contributed by atoms with E-state index in [0.717, 1.165) is 23.7 Å². The van der Waals surface area contributed by atoms with Gasteiger partial charge < -0.3 is 10.1 Å². The number of carbonyl (C=O) groups excluding carboxylic acids is 1. The van der Waals surface area contributed by atoms with Gasteiger partial charge in [0.2, 0.25) is 5.91 Å². The highest BCUT2D eigenvalue weighted by molar-refractivity contribution is 7.09. The molecule has 0 bridgehead atoms. The summed E-state index contributed by atoms with van der Waals surface area (Å²) in [5, 5.41) is 10.2. The number of thiazole rings is 1. The lowest BCUT2D eigenvalue weighted by Gasteiger charge is -2.21. The zero-order chi connectivity index (χ0) is 15.5. The van der Waals surface area contributed by atoms with E-state index < -0.39 is 0 Å². The Bertz CT molecular complexity index is 625. The number of ether oxygens (including phenoxy) is 1. The second-order valence-electron chi connectivity index (χ2n) is 5.36. The van der Waals surface area contributed by atoms with Crippen LogP contribution in [0.5, 0.6) is 0 Å². The predicted molar refractivity (Wildman–Crippen MR) is 83.4 cm³/mol. The van der Waals surface area contributed by atoms with Gasteiger partial charge in [-0.15, -0.1) is 11.3 Å². The third-order valence-electron chi connectivity index (χ3n) is 3.95. The van der Waals surface area contributed by atoms with Crippen molar-refractivity contribution in [2.45, 2.75) is 39.0 Å². The first-order valence-corrected chi connectivity index (χ1v) is 8.41. The monoisotopic (exact) mass is 320 g/mol. The van der Waals surface area contributed by atoms with Crippen molar-refractivity contribution >= 4 is 17.2 Å². The lowest BCUT2D eigenvalue weighted by Crippen LogP contribution is -2.34. The average molecular weight is 320 g/mol. The van der Waals surface area contributed by atoms with Crippen LogP contribution in [-0.4, -0.2) is 27.3 Å². The lowest BCUT2D eigenvalue weighted by molar-refractivity contribution is -0.127. The summed E-state index contributed by atoms with van der Waals surface area (Å²) >= 11 is 1.55. The fourth-order valence-corrected chi connectivity index (χ4v) is 3.47. The van der Waals surface area contributed by atoms with Crippen LogP contribution < -0.4 is 5.32 Å². The quantitative estimate of drug-likeness (QED) is 0.918. The van der Waals surface area contributed by atoms with E-state index in [-0.39, 0.29) is 24.0 Å². The molecule has 1 unspecified atom stereocenters. The highest BCUT2D eigenvalue weighted by Gasteiger charge is 2.37. The van der Waals surface area contributed by atoms with Crippen LogP contribution >= 0.6 is 11.3 Å². The van der Waals surface area contributed by atoms with Crippen molar-refractivity contribution < 1.29 is 9.53 Å². The van der Waals surface area contributed by atoms with E-state index in [4.69, 9.17) is 4.74 Å². The lowest BCUT2D eigenvalue weighted by atomic mass is 9.97. The maximum atomic E-state index is 12.6. The third-order valence-corrected chi connectivity index (χ3v) is 4.91. The van der Waals surface area contributed by atoms with Gasteiger partial charge in [-0.1, -0.05) is 0 Å². The first-order chi connectivity index (χ1) is 10.7. The molecular formula is C15H20N4O2S. The van der Waals surface area contributed by atoms with Gasteiger partial charge in [-0.2, -0.15) is 5.10 Å². The zero-order valence-electron chi connectivity index (χ0n) is 12.7. The van der Waals surface area contributed by atoms with Crippen molar-refractivity contribution in [1.29, 1.82) is 0 Å². The van der Waals surface area contributed by atoms with Gasteiger partial charge in [0, 0.05) is 30.9 Å². The van der Waals surface area contributed by atoms with Gasteiger partial charge in [-0.25, -0.2) is 4.98 Å². The summed E-state index contributed by atoms with van der Waals surface area (Å²) in [4.78, 5) is 16.9. The van der Waals surface area contributed by atoms with E-state index in [1.165, 1.54) is 0 Å². The maximum Gasteiger partial charge on any atom is 0.226 e. The summed E-state index contributed by atoms with van der Waals surface area (Å²) in [6, 6.07) is 1.86. The van der Waals surface area contributed by atoms with Crippen LogP contribution in [0.4, 0.5) is 0 Å². The number of hydrogen-bond acceptors (Lipinski definition) is 5. The number of rotatable bonds is 5. The second kappa shape index (κ2) is 6.58. The molecule has 1 fully saturated rings. The van der Waals surface area contributed by atoms with E-state index in [9.17, 15) is 4.79 Å². The Hall–Kier alpha value is -1.73. The Balaban J connectivity index is 1.71. The molecule has 3 rings (SSSR count). The molecule has 1 aliphatic rings. The van der Waals surface area contributed by atoms with Crippen LogP contribution in [0.15, 0.2) is 23.8 Å². The van der Waals surface area contributed by atoms with Gasteiger partial charge in [-0.3, -0.25) is 9.48 Å². The number of nitrogens with zero attached hydrogens (tertiary/aromatic N) is 3. The second-order valence-corrected chi connectivity index (χ2v) is 6.29. The Morgan fingerprint density at radius 3 is 3.18 bits per heavy atom. The van der Waals surface area contributed by atoms with Crippen molar-refractivity contribution in [2.24, 2.45) is 5.92 Å². The fourth-order valence-electron chi connectivity index (χ4n) is 2.83. The van der Waals surface area contributed by atoms with E-state index in [1.807, 2.05) is 30.0 Å². The molecule has 1 N–H and O–H groups in total. The molecule has 118 valence electrons. The van der Waals surface area contributed by atoms with E-state index in [1.54, 1.807) is 23.7 Å². The van der Waals surface area contributed by atoms with E-state index >= 15 is 0 Å². The normalized spacial score (nSPS) is 22.6. The average Bonchev–Trinajstić information content (AvgIpc) is 3.25. The molecule has 1 saturated heterocycles. The standard InChI is InChI=1S/C15H20N4O2S/c1-3-19-12(4-6-17-19)13-11(5-8-21-13)14(20)18-10(2)15-16-7-9-22-15/h4,6-7,9-11,13H,3,5,8H2,1-2H3,(H,18,20)/t10?,11-,13-/m1/s1. The molecule has 1 aliphatic heterocycles. The summed E-state index contributed by atoms with van der Waals surface area (Å²) < 4.78 is 7.70. The molecule has 0 aliphatic carbocycles. The smallest absolute Gasteiger partial charge is 0.226 e. The molecule has 3 heterocycles. The molecular weight excluding hydrogens is 300 g/mol. The van der Waals surface area contributed by atoms with Crippen molar-refractivity contribution in [3.05, 3.63) is 34.5 Å². The molecule has 0 spiro atoms. The first kappa shape index (κ1) is 15.2. The summed E-state index contributed by atoms with van der Waals surface area (Å²) in [7, 11) is 0. The van der Waals surface area contributed by atoms with Crippen LogP contribution in [0, 0.1) is 5.92 Å². The van der Waals surface area contributed by atoms with Gasteiger partial charge in [0.25, 0.3) is 0 Å². The van der Waals surface area contributed by atoms with E-state index in [0.29, 0.717) is 6.61 Å². The Morgan fingerprint density at radius 1 is 1.59 bits per heavy atom. The summed E-state index contributed by atoms with van der Waals surface area (Å²) in [5.74, 6) is -0.154. The highest BCUT2D eigenvalue weighted by Crippen LogP contribution is 2.35. The molecule has 3 atom stereocenters. The van der Waals surface area contributed by atoms with Crippen LogP contribution in [0.1, 0.15) is 43.1 Å². The van der Waals surface area contributed by atoms with Gasteiger partial charge in [-0.05, 0) is 26.3 Å². The van der Waals surface area contributed by atoms with Crippen LogP contribution in [0.3, 0.4) is 0 Å². The summed E-state index contributed by atoms with van der Waals surface area (Å²) in [6.07, 6.45) is 4.03. The molecule has 7 heteroatoms. The third kappa shape index (κ3) is 2.91. The van der Waals surface area contributed by atoms with Gasteiger partial charge >= 0.3 is 0 Å². The minimum Gasteiger partial charge on any atom is -0.371 e. The number of amides is 1. The molecule has 6 nitrogen and oxygen atoms in total. The number of aryl methyl sites for hydroxylation is 1. The number of aromatic nitrogens is 3. The topological polar surface area (TPSA) is 69.0 Å². The van der Waals surface area contributed by atoms with E-state index in [2.05, 4.69) is 15.4 Å². The largest absolute Gasteiger partial charge is 0.371 e. The van der Waals surface area contributed by atoms with Crippen molar-refractivity contribution in [2.75, 3.05) is 6.61 Å². The molecule has 0 saturated carbocycles. The van der Waals surface area contributed by atoms with Crippen molar-refractivity contribution in [3.63, 3.8) is 0 Å². The summed E-state index contributed by atoms with van der Waals surface area (Å²) in [6.45, 7) is 5.36.